The lowest BCUT2D eigenvalue weighted by Gasteiger charge is -2.08. The van der Waals surface area contributed by atoms with Crippen LogP contribution in [0.4, 0.5) is 10.2 Å². The molecule has 4 rings (SSSR count). The van der Waals surface area contributed by atoms with Crippen LogP contribution in [0.2, 0.25) is 5.15 Å². The molecule has 4 aromatic rings. The number of H-pyrrole nitrogens is 1. The molecule has 0 atom stereocenters. The van der Waals surface area contributed by atoms with Crippen LogP contribution in [0.1, 0.15) is 22.3 Å². The van der Waals surface area contributed by atoms with E-state index in [1.807, 2.05) is 25.4 Å². The molecular formula is C20H17ClFN5. The second-order valence-corrected chi connectivity index (χ2v) is 6.80. The van der Waals surface area contributed by atoms with E-state index < -0.39 is 0 Å². The van der Waals surface area contributed by atoms with Crippen LogP contribution in [0.15, 0.2) is 49.1 Å². The zero-order chi connectivity index (χ0) is 18.8. The summed E-state index contributed by atoms with van der Waals surface area (Å²) < 4.78 is 14.4. The maximum absolute atomic E-state index is 14.4. The summed E-state index contributed by atoms with van der Waals surface area (Å²) in [6, 6.07) is 7.12. The van der Waals surface area contributed by atoms with E-state index in [0.29, 0.717) is 18.1 Å². The molecule has 0 aliphatic rings. The first-order chi connectivity index (χ1) is 13.1. The summed E-state index contributed by atoms with van der Waals surface area (Å²) in [4.78, 5) is 15.8. The molecule has 0 fully saturated rings. The Balaban J connectivity index is 1.49. The predicted molar refractivity (Wildman–Crippen MR) is 104 cm³/mol. The van der Waals surface area contributed by atoms with Crippen molar-refractivity contribution < 1.29 is 4.39 Å². The second-order valence-electron chi connectivity index (χ2n) is 6.42. The second kappa shape index (κ2) is 7.32. The van der Waals surface area contributed by atoms with Crippen molar-refractivity contribution in [2.45, 2.75) is 19.9 Å². The number of nitrogens with one attached hydrogen (secondary N) is 2. The number of hydrogen-bond acceptors (Lipinski definition) is 4. The molecule has 0 aliphatic carbocycles. The highest BCUT2D eigenvalue weighted by Gasteiger charge is 2.10. The van der Waals surface area contributed by atoms with Gasteiger partial charge in [-0.05, 0) is 47.4 Å². The van der Waals surface area contributed by atoms with Crippen molar-refractivity contribution in [3.63, 3.8) is 0 Å². The quantitative estimate of drug-likeness (QED) is 0.493. The Labute approximate surface area is 160 Å². The fourth-order valence-corrected chi connectivity index (χ4v) is 3.04. The lowest BCUT2D eigenvalue weighted by molar-refractivity contribution is 0.622. The van der Waals surface area contributed by atoms with Gasteiger partial charge in [-0.25, -0.2) is 19.3 Å². The van der Waals surface area contributed by atoms with Crippen LogP contribution in [0.25, 0.3) is 11.0 Å². The molecule has 5 nitrogen and oxygen atoms in total. The van der Waals surface area contributed by atoms with Crippen LogP contribution >= 0.6 is 11.6 Å². The van der Waals surface area contributed by atoms with E-state index in [-0.39, 0.29) is 11.6 Å². The van der Waals surface area contributed by atoms with E-state index in [1.54, 1.807) is 18.5 Å². The first kappa shape index (κ1) is 17.4. The average Bonchev–Trinajstić information content (AvgIpc) is 3.04. The minimum Gasteiger partial charge on any atom is -0.364 e. The Morgan fingerprint density at radius 1 is 1.07 bits per heavy atom. The van der Waals surface area contributed by atoms with Gasteiger partial charge in [0.1, 0.15) is 10.8 Å². The number of fused-ring (bicyclic) bond motifs is 1. The van der Waals surface area contributed by atoms with Gasteiger partial charge in [0.05, 0.1) is 0 Å². The van der Waals surface area contributed by atoms with Crippen LogP contribution < -0.4 is 5.32 Å². The van der Waals surface area contributed by atoms with Gasteiger partial charge in [0.15, 0.2) is 11.6 Å². The molecule has 0 saturated heterocycles. The summed E-state index contributed by atoms with van der Waals surface area (Å²) in [6.45, 7) is 2.42. The van der Waals surface area contributed by atoms with Gasteiger partial charge in [0.25, 0.3) is 0 Å². The number of pyridine rings is 3. The standard InChI is InChI=1S/C20H17ClFN5/c1-12-4-16-15(11-27-19(16)24-7-12)5-14-6-17(22)20(26-10-14)25-9-13-2-3-18(21)23-8-13/h2-4,6-8,10-11H,5,9H2,1H3,(H,24,27)(H,25,26). The molecule has 0 saturated carbocycles. The van der Waals surface area contributed by atoms with E-state index in [4.69, 9.17) is 11.6 Å². The number of aromatic nitrogens is 4. The van der Waals surface area contributed by atoms with Crippen LogP contribution in [-0.2, 0) is 13.0 Å². The number of rotatable bonds is 5. The first-order valence-corrected chi connectivity index (χ1v) is 8.87. The molecule has 0 aromatic carbocycles. The van der Waals surface area contributed by atoms with Crippen molar-refractivity contribution in [3.8, 4) is 0 Å². The lowest BCUT2D eigenvalue weighted by atomic mass is 10.1. The topological polar surface area (TPSA) is 66.5 Å². The molecule has 27 heavy (non-hydrogen) atoms. The van der Waals surface area contributed by atoms with E-state index >= 15 is 0 Å². The van der Waals surface area contributed by atoms with E-state index in [1.165, 1.54) is 6.07 Å². The largest absolute Gasteiger partial charge is 0.364 e. The number of anilines is 1. The smallest absolute Gasteiger partial charge is 0.165 e. The van der Waals surface area contributed by atoms with Crippen molar-refractivity contribution >= 4 is 28.5 Å². The fraction of sp³-hybridized carbons (Fsp3) is 0.150. The summed E-state index contributed by atoms with van der Waals surface area (Å²) in [6.07, 6.45) is 7.65. The van der Waals surface area contributed by atoms with Gasteiger partial charge in [-0.2, -0.15) is 0 Å². The van der Waals surface area contributed by atoms with E-state index in [2.05, 4.69) is 31.3 Å². The maximum Gasteiger partial charge on any atom is 0.165 e. The zero-order valence-corrected chi connectivity index (χ0v) is 15.4. The third-order valence-electron chi connectivity index (χ3n) is 4.29. The summed E-state index contributed by atoms with van der Waals surface area (Å²) in [5, 5.41) is 4.46. The summed E-state index contributed by atoms with van der Waals surface area (Å²) in [7, 11) is 0. The fourth-order valence-electron chi connectivity index (χ4n) is 2.93. The number of aryl methyl sites for hydroxylation is 1. The number of halogens is 2. The van der Waals surface area contributed by atoms with Crippen LogP contribution in [0.5, 0.6) is 0 Å². The third kappa shape index (κ3) is 3.90. The Kier molecular flexibility index (Phi) is 4.73. The van der Waals surface area contributed by atoms with Gasteiger partial charge in [-0.15, -0.1) is 0 Å². The van der Waals surface area contributed by atoms with E-state index in [0.717, 1.165) is 33.3 Å². The molecule has 136 valence electrons. The first-order valence-electron chi connectivity index (χ1n) is 8.50. The molecule has 0 aliphatic heterocycles. The maximum atomic E-state index is 14.4. The van der Waals surface area contributed by atoms with Gasteiger partial charge >= 0.3 is 0 Å². The van der Waals surface area contributed by atoms with Crippen molar-refractivity contribution in [3.05, 3.63) is 82.3 Å². The minimum atomic E-state index is -0.386. The van der Waals surface area contributed by atoms with Crippen LogP contribution in [-0.4, -0.2) is 19.9 Å². The Morgan fingerprint density at radius 2 is 1.93 bits per heavy atom. The molecule has 0 unspecified atom stereocenters. The normalized spacial score (nSPS) is 11.1. The Hall–Kier alpha value is -2.99. The molecule has 2 N–H and O–H groups in total. The molecule has 0 radical (unpaired) electrons. The minimum absolute atomic E-state index is 0.213. The van der Waals surface area contributed by atoms with Crippen LogP contribution in [0.3, 0.4) is 0 Å². The molecule has 4 aromatic heterocycles. The molecule has 4 heterocycles. The number of hydrogen-bond donors (Lipinski definition) is 2. The predicted octanol–water partition coefficient (Wildman–Crippen LogP) is 4.66. The highest BCUT2D eigenvalue weighted by atomic mass is 35.5. The zero-order valence-electron chi connectivity index (χ0n) is 14.6. The Morgan fingerprint density at radius 3 is 2.70 bits per heavy atom. The van der Waals surface area contributed by atoms with Gasteiger partial charge < -0.3 is 10.3 Å². The number of nitrogens with zero attached hydrogens (tertiary/aromatic N) is 3. The van der Waals surface area contributed by atoms with Crippen molar-refractivity contribution in [1.29, 1.82) is 0 Å². The Bertz CT molecular complexity index is 1090. The highest BCUT2D eigenvalue weighted by molar-refractivity contribution is 6.29. The number of aromatic amines is 1. The monoisotopic (exact) mass is 381 g/mol. The van der Waals surface area contributed by atoms with Crippen molar-refractivity contribution in [1.82, 2.24) is 19.9 Å². The average molecular weight is 382 g/mol. The summed E-state index contributed by atoms with van der Waals surface area (Å²) in [5.41, 5.74) is 4.68. The molecule has 0 spiro atoms. The summed E-state index contributed by atoms with van der Waals surface area (Å²) >= 11 is 5.76. The molecule has 7 heteroatoms. The SMILES string of the molecule is Cc1cnc2[nH]cc(Cc3cnc(NCc4ccc(Cl)nc4)c(F)c3)c2c1. The molecule has 0 amide bonds. The van der Waals surface area contributed by atoms with Crippen molar-refractivity contribution in [2.24, 2.45) is 0 Å². The van der Waals surface area contributed by atoms with Crippen LogP contribution in [0, 0.1) is 12.7 Å². The molecule has 0 bridgehead atoms. The highest BCUT2D eigenvalue weighted by Crippen LogP contribution is 2.22. The van der Waals surface area contributed by atoms with Gasteiger partial charge in [-0.3, -0.25) is 0 Å². The lowest BCUT2D eigenvalue weighted by Crippen LogP contribution is -2.05. The van der Waals surface area contributed by atoms with Crippen molar-refractivity contribution in [2.75, 3.05) is 5.32 Å². The van der Waals surface area contributed by atoms with E-state index in [9.17, 15) is 4.39 Å². The third-order valence-corrected chi connectivity index (χ3v) is 4.52. The van der Waals surface area contributed by atoms with Gasteiger partial charge in [0, 0.05) is 43.1 Å². The molecular weight excluding hydrogens is 365 g/mol. The van der Waals surface area contributed by atoms with Gasteiger partial charge in [0.2, 0.25) is 0 Å². The summed E-state index contributed by atoms with van der Waals surface area (Å²) in [5.74, 6) is -0.172. The van der Waals surface area contributed by atoms with Gasteiger partial charge in [-0.1, -0.05) is 17.7 Å².